The smallest absolute Gasteiger partial charge is 0.133 e. The minimum atomic E-state index is -0.115. The quantitative estimate of drug-likeness (QED) is 0.290. The van der Waals surface area contributed by atoms with Gasteiger partial charge in [-0.1, -0.05) is 58.0 Å². The number of furan rings is 1. The average molecular weight is 473 g/mol. The van der Waals surface area contributed by atoms with Crippen LogP contribution in [0.25, 0.3) is 33.6 Å². The summed E-state index contributed by atoms with van der Waals surface area (Å²) in [5, 5.41) is 0. The normalized spacial score (nSPS) is 19.6. The summed E-state index contributed by atoms with van der Waals surface area (Å²) in [4.78, 5) is 0. The lowest BCUT2D eigenvalue weighted by Crippen LogP contribution is -2.24. The first-order valence-corrected chi connectivity index (χ1v) is 13.0. The molecular weight excluding hydrogens is 440 g/mol. The second kappa shape index (κ2) is 7.03. The van der Waals surface area contributed by atoms with Crippen LogP contribution in [-0.4, -0.2) is 0 Å². The fourth-order valence-corrected chi connectivity index (χ4v) is 7.17. The first kappa shape index (κ1) is 21.7. The summed E-state index contributed by atoms with van der Waals surface area (Å²) in [6, 6.07) is 17.9. The number of fused-ring (bicyclic) bond motifs is 7. The summed E-state index contributed by atoms with van der Waals surface area (Å²) in [6.45, 7) is 14.3. The van der Waals surface area contributed by atoms with Crippen molar-refractivity contribution in [1.29, 1.82) is 0 Å². The molecule has 1 unspecified atom stereocenters. The van der Waals surface area contributed by atoms with Gasteiger partial charge >= 0.3 is 0 Å². The molecule has 1 aliphatic heterocycles. The highest BCUT2D eigenvalue weighted by Gasteiger charge is 2.47. The fraction of sp³-hybridized carbons (Fsp3) is 0.294. The number of rotatable bonds is 2. The van der Waals surface area contributed by atoms with Crippen LogP contribution in [0.15, 0.2) is 71.5 Å². The van der Waals surface area contributed by atoms with E-state index in [0.29, 0.717) is 0 Å². The molecule has 0 radical (unpaired) electrons. The predicted octanol–water partition coefficient (Wildman–Crippen LogP) is 9.15. The van der Waals surface area contributed by atoms with E-state index >= 15 is 0 Å². The maximum Gasteiger partial charge on any atom is 0.133 e. The Morgan fingerprint density at radius 3 is 2.00 bits per heavy atom. The van der Waals surface area contributed by atoms with Crippen LogP contribution in [0.3, 0.4) is 0 Å². The lowest BCUT2D eigenvalue weighted by Gasteiger charge is -2.32. The van der Waals surface area contributed by atoms with Crippen molar-refractivity contribution in [3.63, 3.8) is 0 Å². The molecule has 36 heavy (non-hydrogen) atoms. The summed E-state index contributed by atoms with van der Waals surface area (Å²) in [7, 11) is 0. The van der Waals surface area contributed by atoms with E-state index in [1.165, 1.54) is 61.2 Å². The van der Waals surface area contributed by atoms with Gasteiger partial charge in [-0.3, -0.25) is 0 Å². The molecule has 7 rings (SSSR count). The molecule has 2 aliphatic carbocycles. The average Bonchev–Trinajstić information content (AvgIpc) is 3.64. The molecule has 4 aromatic rings. The van der Waals surface area contributed by atoms with E-state index < -0.39 is 0 Å². The summed E-state index contributed by atoms with van der Waals surface area (Å²) < 4.78 is 11.6. The minimum absolute atomic E-state index is 0.0988. The molecule has 0 N–H and O–H groups in total. The summed E-state index contributed by atoms with van der Waals surface area (Å²) in [5.74, 6) is 0.923. The summed E-state index contributed by atoms with van der Waals surface area (Å²) >= 11 is 0. The Hall–Kier alpha value is -3.52. The molecule has 0 fully saturated rings. The van der Waals surface area contributed by atoms with Crippen LogP contribution >= 0.6 is 0 Å². The van der Waals surface area contributed by atoms with E-state index in [1.54, 1.807) is 6.26 Å². The SMILES string of the molecule is Cc1c(C)c2c(c3c1-c1ccc(-c4ccco4)cc1C3(C)C)C(C)(C)c1cc(C3CC=CO3)ccc1-2. The Labute approximate surface area is 213 Å². The lowest BCUT2D eigenvalue weighted by atomic mass is 9.71. The molecule has 2 heteroatoms. The van der Waals surface area contributed by atoms with E-state index in [0.717, 1.165) is 17.7 Å². The molecule has 1 atom stereocenters. The first-order chi connectivity index (χ1) is 17.2. The van der Waals surface area contributed by atoms with Crippen molar-refractivity contribution in [2.75, 3.05) is 0 Å². The zero-order valence-corrected chi connectivity index (χ0v) is 22.0. The number of benzene rings is 3. The van der Waals surface area contributed by atoms with Crippen molar-refractivity contribution in [2.45, 2.75) is 64.9 Å². The second-order valence-corrected chi connectivity index (χ2v) is 11.8. The Bertz CT molecular complexity index is 1590. The van der Waals surface area contributed by atoms with Gasteiger partial charge in [-0.05, 0) is 99.3 Å². The standard InChI is InChI=1S/C34H32O2/c1-19-20(2)30-24-14-12-22(28-10-8-16-36-28)18-26(24)34(5,6)32(30)31-29(19)23-13-11-21(27-9-7-15-35-27)17-25(23)33(31,3)4/h7-9,11-18,28H,10H2,1-6H3. The first-order valence-electron chi connectivity index (χ1n) is 13.0. The third-order valence-electron chi connectivity index (χ3n) is 9.13. The topological polar surface area (TPSA) is 22.4 Å². The van der Waals surface area contributed by atoms with Gasteiger partial charge in [-0.25, -0.2) is 0 Å². The zero-order chi connectivity index (χ0) is 25.0. The Morgan fingerprint density at radius 2 is 1.42 bits per heavy atom. The largest absolute Gasteiger partial charge is 0.493 e. The molecule has 180 valence electrons. The molecule has 2 heterocycles. The number of ether oxygens (including phenoxy) is 1. The Balaban J connectivity index is 1.48. The maximum atomic E-state index is 5.89. The van der Waals surface area contributed by atoms with Gasteiger partial charge in [-0.2, -0.15) is 0 Å². The van der Waals surface area contributed by atoms with E-state index in [9.17, 15) is 0 Å². The predicted molar refractivity (Wildman–Crippen MR) is 146 cm³/mol. The van der Waals surface area contributed by atoms with Gasteiger partial charge in [-0.15, -0.1) is 0 Å². The lowest BCUT2D eigenvalue weighted by molar-refractivity contribution is 0.173. The number of hydrogen-bond acceptors (Lipinski definition) is 2. The summed E-state index contributed by atoms with van der Waals surface area (Å²) in [5.41, 5.74) is 16.4. The van der Waals surface area contributed by atoms with E-state index in [-0.39, 0.29) is 16.9 Å². The van der Waals surface area contributed by atoms with Crippen molar-refractivity contribution < 1.29 is 9.15 Å². The molecule has 0 saturated carbocycles. The van der Waals surface area contributed by atoms with Crippen molar-refractivity contribution in [2.24, 2.45) is 0 Å². The van der Waals surface area contributed by atoms with Crippen LogP contribution in [0, 0.1) is 13.8 Å². The fourth-order valence-electron chi connectivity index (χ4n) is 7.17. The van der Waals surface area contributed by atoms with Crippen LogP contribution in [0.2, 0.25) is 0 Å². The van der Waals surface area contributed by atoms with Crippen LogP contribution in [-0.2, 0) is 15.6 Å². The molecule has 3 aliphatic rings. The monoisotopic (exact) mass is 472 g/mol. The molecule has 1 aromatic heterocycles. The van der Waals surface area contributed by atoms with Crippen molar-refractivity contribution in [3.05, 3.63) is 106 Å². The molecule has 3 aromatic carbocycles. The minimum Gasteiger partial charge on any atom is -0.493 e. The number of hydrogen-bond donors (Lipinski definition) is 0. The zero-order valence-electron chi connectivity index (χ0n) is 22.0. The maximum absolute atomic E-state index is 5.89. The van der Waals surface area contributed by atoms with Crippen LogP contribution < -0.4 is 0 Å². The highest BCUT2D eigenvalue weighted by atomic mass is 16.5. The van der Waals surface area contributed by atoms with Gasteiger partial charge < -0.3 is 9.15 Å². The Morgan fingerprint density at radius 1 is 0.778 bits per heavy atom. The van der Waals surface area contributed by atoms with Gasteiger partial charge in [0.2, 0.25) is 0 Å². The van der Waals surface area contributed by atoms with Crippen LogP contribution in [0.4, 0.5) is 0 Å². The molecular formula is C34H32O2. The molecule has 0 bridgehead atoms. The highest BCUT2D eigenvalue weighted by Crippen LogP contribution is 2.61. The van der Waals surface area contributed by atoms with Crippen molar-refractivity contribution in [3.8, 4) is 33.6 Å². The summed E-state index contributed by atoms with van der Waals surface area (Å²) in [6.07, 6.45) is 6.79. The van der Waals surface area contributed by atoms with Gasteiger partial charge in [0.25, 0.3) is 0 Å². The highest BCUT2D eigenvalue weighted by molar-refractivity contribution is 5.95. The van der Waals surface area contributed by atoms with Crippen LogP contribution in [0.5, 0.6) is 0 Å². The molecule has 2 nitrogen and oxygen atoms in total. The third kappa shape index (κ3) is 2.62. The Kier molecular flexibility index (Phi) is 4.25. The van der Waals surface area contributed by atoms with E-state index in [1.807, 2.05) is 18.4 Å². The van der Waals surface area contributed by atoms with Gasteiger partial charge in [0.05, 0.1) is 12.5 Å². The second-order valence-electron chi connectivity index (χ2n) is 11.8. The van der Waals surface area contributed by atoms with Gasteiger partial charge in [0.1, 0.15) is 11.9 Å². The van der Waals surface area contributed by atoms with E-state index in [4.69, 9.17) is 9.15 Å². The third-order valence-corrected chi connectivity index (χ3v) is 9.13. The van der Waals surface area contributed by atoms with Crippen LogP contribution in [0.1, 0.15) is 79.2 Å². The van der Waals surface area contributed by atoms with Gasteiger partial charge in [0.15, 0.2) is 0 Å². The molecule has 0 saturated heterocycles. The van der Waals surface area contributed by atoms with Gasteiger partial charge in [0, 0.05) is 22.8 Å². The van der Waals surface area contributed by atoms with E-state index in [2.05, 4.69) is 84.0 Å². The van der Waals surface area contributed by atoms with Crippen molar-refractivity contribution >= 4 is 0 Å². The molecule has 0 spiro atoms. The van der Waals surface area contributed by atoms with Crippen molar-refractivity contribution in [1.82, 2.24) is 0 Å². The molecule has 0 amide bonds.